The number of nitrogens with zero attached hydrogens (tertiary/aromatic N) is 1. The van der Waals surface area contributed by atoms with E-state index in [1.54, 1.807) is 13.2 Å². The first-order valence-corrected chi connectivity index (χ1v) is 7.42. The third-order valence-electron chi connectivity index (χ3n) is 4.52. The van der Waals surface area contributed by atoms with E-state index in [1.807, 2.05) is 12.1 Å². The highest BCUT2D eigenvalue weighted by Crippen LogP contribution is 2.37. The molecule has 4 heteroatoms. The van der Waals surface area contributed by atoms with Crippen LogP contribution in [0.2, 0.25) is 0 Å². The van der Waals surface area contributed by atoms with Gasteiger partial charge in [-0.2, -0.15) is 0 Å². The summed E-state index contributed by atoms with van der Waals surface area (Å²) in [6.45, 7) is 3.32. The smallest absolute Gasteiger partial charge is 0.146 e. The maximum Gasteiger partial charge on any atom is 0.146 e. The standard InChI is InChI=1S/C16H25FN2O/c1-3-19(15-9-5-4-8-14(15)17)16(12-18)10-6-7-13(11-16)20-2/h4-5,8-9,13H,3,6-7,10-12,18H2,1-2H3. The topological polar surface area (TPSA) is 38.5 Å². The van der Waals surface area contributed by atoms with Gasteiger partial charge >= 0.3 is 0 Å². The number of hydrogen-bond donors (Lipinski definition) is 1. The van der Waals surface area contributed by atoms with Crippen molar-refractivity contribution in [1.82, 2.24) is 0 Å². The van der Waals surface area contributed by atoms with Gasteiger partial charge in [0.05, 0.1) is 17.3 Å². The Bertz CT molecular complexity index is 440. The molecule has 0 spiro atoms. The average molecular weight is 280 g/mol. The van der Waals surface area contributed by atoms with Crippen molar-refractivity contribution in [2.75, 3.05) is 25.1 Å². The van der Waals surface area contributed by atoms with E-state index in [0.29, 0.717) is 12.2 Å². The number of rotatable bonds is 5. The SMILES string of the molecule is CCN(c1ccccc1F)C1(CN)CCCC(OC)C1. The van der Waals surface area contributed by atoms with E-state index < -0.39 is 0 Å². The van der Waals surface area contributed by atoms with Gasteiger partial charge in [0, 0.05) is 20.2 Å². The number of likely N-dealkylation sites (N-methyl/N-ethyl adjacent to an activating group) is 1. The lowest BCUT2D eigenvalue weighted by molar-refractivity contribution is 0.0411. The maximum absolute atomic E-state index is 14.2. The van der Waals surface area contributed by atoms with Crippen LogP contribution in [0.3, 0.4) is 0 Å². The van der Waals surface area contributed by atoms with Crippen molar-refractivity contribution in [3.05, 3.63) is 30.1 Å². The molecule has 1 aromatic carbocycles. The number of anilines is 1. The van der Waals surface area contributed by atoms with Crippen molar-refractivity contribution in [2.45, 2.75) is 44.2 Å². The van der Waals surface area contributed by atoms with Gasteiger partial charge in [0.2, 0.25) is 0 Å². The third kappa shape index (κ3) is 2.81. The Hall–Kier alpha value is -1.13. The largest absolute Gasteiger partial charge is 0.381 e. The van der Waals surface area contributed by atoms with Crippen LogP contribution >= 0.6 is 0 Å². The minimum Gasteiger partial charge on any atom is -0.381 e. The van der Waals surface area contributed by atoms with Gasteiger partial charge in [-0.05, 0) is 44.7 Å². The molecule has 0 amide bonds. The van der Waals surface area contributed by atoms with Crippen LogP contribution in [-0.4, -0.2) is 31.8 Å². The van der Waals surface area contributed by atoms with Crippen molar-refractivity contribution < 1.29 is 9.13 Å². The van der Waals surface area contributed by atoms with Gasteiger partial charge in [-0.1, -0.05) is 12.1 Å². The number of hydrogen-bond acceptors (Lipinski definition) is 3. The van der Waals surface area contributed by atoms with Gasteiger partial charge < -0.3 is 15.4 Å². The fourth-order valence-electron chi connectivity index (χ4n) is 3.46. The summed E-state index contributed by atoms with van der Waals surface area (Å²) in [4.78, 5) is 2.13. The minimum atomic E-state index is -0.199. The van der Waals surface area contributed by atoms with Crippen molar-refractivity contribution in [1.29, 1.82) is 0 Å². The molecule has 2 N–H and O–H groups in total. The summed E-state index contributed by atoms with van der Waals surface area (Å²) < 4.78 is 19.7. The summed E-state index contributed by atoms with van der Waals surface area (Å²) in [5, 5.41) is 0. The number of nitrogens with two attached hydrogens (primary N) is 1. The first-order valence-electron chi connectivity index (χ1n) is 7.42. The summed E-state index contributed by atoms with van der Waals surface area (Å²) >= 11 is 0. The second-order valence-electron chi connectivity index (χ2n) is 5.58. The predicted molar refractivity (Wildman–Crippen MR) is 80.5 cm³/mol. The number of halogens is 1. The molecule has 0 bridgehead atoms. The maximum atomic E-state index is 14.2. The number of para-hydroxylation sites is 1. The van der Waals surface area contributed by atoms with E-state index in [-0.39, 0.29) is 17.5 Å². The highest BCUT2D eigenvalue weighted by molar-refractivity contribution is 5.50. The molecule has 1 fully saturated rings. The molecule has 0 radical (unpaired) electrons. The molecular weight excluding hydrogens is 255 g/mol. The Morgan fingerprint density at radius 2 is 2.20 bits per heavy atom. The van der Waals surface area contributed by atoms with Crippen LogP contribution in [0.25, 0.3) is 0 Å². The zero-order valence-electron chi connectivity index (χ0n) is 12.4. The fourth-order valence-corrected chi connectivity index (χ4v) is 3.46. The molecule has 3 nitrogen and oxygen atoms in total. The normalized spacial score (nSPS) is 26.5. The highest BCUT2D eigenvalue weighted by Gasteiger charge is 2.40. The average Bonchev–Trinajstić information content (AvgIpc) is 2.50. The van der Waals surface area contributed by atoms with Gasteiger partial charge in [-0.25, -0.2) is 4.39 Å². The van der Waals surface area contributed by atoms with E-state index in [1.165, 1.54) is 6.07 Å². The van der Waals surface area contributed by atoms with Crippen LogP contribution in [0.1, 0.15) is 32.6 Å². The first kappa shape index (κ1) is 15.3. The van der Waals surface area contributed by atoms with Crippen LogP contribution in [0, 0.1) is 5.82 Å². The lowest BCUT2D eigenvalue weighted by Gasteiger charge is -2.48. The summed E-state index contributed by atoms with van der Waals surface area (Å²) in [6, 6.07) is 6.95. The molecule has 1 aliphatic rings. The van der Waals surface area contributed by atoms with Gasteiger partial charge in [-0.3, -0.25) is 0 Å². The van der Waals surface area contributed by atoms with E-state index in [4.69, 9.17) is 10.5 Å². The summed E-state index contributed by atoms with van der Waals surface area (Å²) in [7, 11) is 1.75. The molecular formula is C16H25FN2O. The second-order valence-corrected chi connectivity index (χ2v) is 5.58. The van der Waals surface area contributed by atoms with Gasteiger partial charge in [-0.15, -0.1) is 0 Å². The molecule has 2 atom stereocenters. The highest BCUT2D eigenvalue weighted by atomic mass is 19.1. The van der Waals surface area contributed by atoms with Crippen molar-refractivity contribution >= 4 is 5.69 Å². The molecule has 0 aromatic heterocycles. The van der Waals surface area contributed by atoms with E-state index in [0.717, 1.165) is 32.2 Å². The molecule has 1 aromatic rings. The second kappa shape index (κ2) is 6.55. The zero-order valence-corrected chi connectivity index (χ0v) is 12.4. The molecule has 1 saturated carbocycles. The lowest BCUT2D eigenvalue weighted by Crippen LogP contribution is -2.58. The van der Waals surface area contributed by atoms with Crippen LogP contribution in [-0.2, 0) is 4.74 Å². The third-order valence-corrected chi connectivity index (χ3v) is 4.52. The Balaban J connectivity index is 2.34. The Kier molecular flexibility index (Phi) is 5.00. The molecule has 0 aliphatic heterocycles. The fraction of sp³-hybridized carbons (Fsp3) is 0.625. The van der Waals surface area contributed by atoms with Crippen molar-refractivity contribution in [3.8, 4) is 0 Å². The zero-order chi connectivity index (χ0) is 14.6. The Morgan fingerprint density at radius 1 is 1.45 bits per heavy atom. The van der Waals surface area contributed by atoms with Gasteiger partial charge in [0.1, 0.15) is 5.82 Å². The molecule has 1 aliphatic carbocycles. The monoisotopic (exact) mass is 280 g/mol. The number of ether oxygens (including phenoxy) is 1. The molecule has 20 heavy (non-hydrogen) atoms. The van der Waals surface area contributed by atoms with E-state index in [2.05, 4.69) is 11.8 Å². The van der Waals surface area contributed by atoms with E-state index >= 15 is 0 Å². The van der Waals surface area contributed by atoms with Crippen molar-refractivity contribution in [2.24, 2.45) is 5.73 Å². The van der Waals surface area contributed by atoms with Crippen LogP contribution in [0.4, 0.5) is 10.1 Å². The summed E-state index contributed by atoms with van der Waals surface area (Å²) in [5.41, 5.74) is 6.55. The van der Waals surface area contributed by atoms with Crippen LogP contribution < -0.4 is 10.6 Å². The van der Waals surface area contributed by atoms with Crippen molar-refractivity contribution in [3.63, 3.8) is 0 Å². The first-order chi connectivity index (χ1) is 9.66. The van der Waals surface area contributed by atoms with Gasteiger partial charge in [0.25, 0.3) is 0 Å². The minimum absolute atomic E-state index is 0.179. The molecule has 0 saturated heterocycles. The lowest BCUT2D eigenvalue weighted by atomic mass is 9.78. The Labute approximate surface area is 120 Å². The Morgan fingerprint density at radius 3 is 2.80 bits per heavy atom. The predicted octanol–water partition coefficient (Wildman–Crippen LogP) is 2.94. The quantitative estimate of drug-likeness (QED) is 0.901. The van der Waals surface area contributed by atoms with Crippen LogP contribution in [0.5, 0.6) is 0 Å². The summed E-state index contributed by atoms with van der Waals surface area (Å²) in [6.07, 6.45) is 4.20. The van der Waals surface area contributed by atoms with Crippen LogP contribution in [0.15, 0.2) is 24.3 Å². The summed E-state index contributed by atoms with van der Waals surface area (Å²) in [5.74, 6) is -0.179. The molecule has 2 unspecified atom stereocenters. The van der Waals surface area contributed by atoms with E-state index in [9.17, 15) is 4.39 Å². The molecule has 0 heterocycles. The number of benzene rings is 1. The molecule has 112 valence electrons. The number of methoxy groups -OCH3 is 1. The molecule has 2 rings (SSSR count). The van der Waals surface area contributed by atoms with Gasteiger partial charge in [0.15, 0.2) is 0 Å².